The Bertz CT molecular complexity index is 536. The zero-order valence-electron chi connectivity index (χ0n) is 27.1. The maximum absolute atomic E-state index is 10.3. The van der Waals surface area contributed by atoms with Gasteiger partial charge >= 0.3 is 11.9 Å². The SMILES string of the molecule is CCCCCCCC/C=C\CCCCCCCC(=O)O.CCCCCCCCCCCCCCCCCC(=O)O.[HH]. The Kier molecular flexibility index (Phi) is 38.5. The Morgan fingerprint density at radius 3 is 0.875 bits per heavy atom. The number of rotatable bonds is 31. The molecule has 0 atom stereocenters. The number of unbranched alkanes of at least 4 members (excludes halogenated alkanes) is 25. The van der Waals surface area contributed by atoms with Gasteiger partial charge in [0.25, 0.3) is 0 Å². The van der Waals surface area contributed by atoms with Crippen LogP contribution in [-0.2, 0) is 9.59 Å². The summed E-state index contributed by atoms with van der Waals surface area (Å²) in [5, 5.41) is 17.0. The predicted octanol–water partition coefficient (Wildman–Crippen LogP) is 12.7. The maximum atomic E-state index is 10.3. The van der Waals surface area contributed by atoms with Crippen molar-refractivity contribution in [2.24, 2.45) is 0 Å². The molecule has 0 bridgehead atoms. The lowest BCUT2D eigenvalue weighted by molar-refractivity contribution is -0.138. The second-order valence-corrected chi connectivity index (χ2v) is 11.8. The highest BCUT2D eigenvalue weighted by molar-refractivity contribution is 5.66. The molecule has 0 spiro atoms. The van der Waals surface area contributed by atoms with Gasteiger partial charge in [-0.15, -0.1) is 0 Å². The molecule has 0 aromatic carbocycles. The highest BCUT2D eigenvalue weighted by atomic mass is 16.4. The molecule has 0 aliphatic heterocycles. The quantitative estimate of drug-likeness (QED) is 0.0644. The molecule has 0 radical (unpaired) electrons. The third-order valence-corrected chi connectivity index (χ3v) is 7.65. The lowest BCUT2D eigenvalue weighted by Gasteiger charge is -2.03. The first kappa shape index (κ1) is 40.8. The van der Waals surface area contributed by atoms with Crippen molar-refractivity contribution in [3.05, 3.63) is 12.2 Å². The molecule has 0 aliphatic rings. The molecule has 0 saturated carbocycles. The van der Waals surface area contributed by atoms with Gasteiger partial charge < -0.3 is 10.2 Å². The molecule has 40 heavy (non-hydrogen) atoms. The first-order valence-corrected chi connectivity index (χ1v) is 17.6. The monoisotopic (exact) mass is 569 g/mol. The maximum Gasteiger partial charge on any atom is 0.303 e. The lowest BCUT2D eigenvalue weighted by Crippen LogP contribution is -1.93. The third kappa shape index (κ3) is 43.7. The second-order valence-electron chi connectivity index (χ2n) is 11.8. The van der Waals surface area contributed by atoms with Crippen LogP contribution in [0.2, 0.25) is 0 Å². The van der Waals surface area contributed by atoms with Crippen molar-refractivity contribution in [1.29, 1.82) is 0 Å². The summed E-state index contributed by atoms with van der Waals surface area (Å²) in [6, 6.07) is 0. The van der Waals surface area contributed by atoms with Crippen molar-refractivity contribution in [3.63, 3.8) is 0 Å². The van der Waals surface area contributed by atoms with Gasteiger partial charge in [-0.25, -0.2) is 0 Å². The molecule has 0 aromatic rings. The number of carboxylic acids is 2. The van der Waals surface area contributed by atoms with Crippen molar-refractivity contribution in [1.82, 2.24) is 0 Å². The van der Waals surface area contributed by atoms with Gasteiger partial charge in [0, 0.05) is 14.3 Å². The first-order valence-electron chi connectivity index (χ1n) is 17.6. The smallest absolute Gasteiger partial charge is 0.303 e. The van der Waals surface area contributed by atoms with Crippen molar-refractivity contribution in [3.8, 4) is 0 Å². The van der Waals surface area contributed by atoms with Crippen LogP contribution < -0.4 is 0 Å². The summed E-state index contributed by atoms with van der Waals surface area (Å²) in [6.45, 7) is 4.53. The normalized spacial score (nSPS) is 11.1. The Morgan fingerprint density at radius 1 is 0.400 bits per heavy atom. The summed E-state index contributed by atoms with van der Waals surface area (Å²) in [6.07, 6.45) is 41.4. The van der Waals surface area contributed by atoms with Crippen molar-refractivity contribution in [2.45, 2.75) is 206 Å². The Labute approximate surface area is 251 Å². The molecule has 0 rings (SSSR count). The molecular weight excluding hydrogens is 496 g/mol. The third-order valence-electron chi connectivity index (χ3n) is 7.65. The Morgan fingerprint density at radius 2 is 0.625 bits per heavy atom. The number of carbonyl (C=O) groups is 2. The van der Waals surface area contributed by atoms with E-state index in [-0.39, 0.29) is 1.43 Å². The topological polar surface area (TPSA) is 74.6 Å². The molecule has 0 aliphatic carbocycles. The Hall–Kier alpha value is -1.32. The molecule has 240 valence electrons. The zero-order chi connectivity index (χ0) is 29.8. The number of hydrogen-bond acceptors (Lipinski definition) is 2. The molecule has 0 amide bonds. The summed E-state index contributed by atoms with van der Waals surface area (Å²) >= 11 is 0. The van der Waals surface area contributed by atoms with Crippen LogP contribution in [0.25, 0.3) is 0 Å². The van der Waals surface area contributed by atoms with E-state index < -0.39 is 11.9 Å². The van der Waals surface area contributed by atoms with Crippen molar-refractivity contribution < 1.29 is 21.2 Å². The number of hydrogen-bond donors (Lipinski definition) is 2. The van der Waals surface area contributed by atoms with Gasteiger partial charge in [0.2, 0.25) is 0 Å². The fraction of sp³-hybridized carbons (Fsp3) is 0.889. The summed E-state index contributed by atoms with van der Waals surface area (Å²) in [4.78, 5) is 20.7. The van der Waals surface area contributed by atoms with Crippen LogP contribution in [0.5, 0.6) is 0 Å². The lowest BCUT2D eigenvalue weighted by atomic mass is 10.0. The predicted molar refractivity (Wildman–Crippen MR) is 176 cm³/mol. The minimum Gasteiger partial charge on any atom is -0.481 e. The highest BCUT2D eigenvalue weighted by Crippen LogP contribution is 2.14. The molecule has 0 heterocycles. The fourth-order valence-corrected chi connectivity index (χ4v) is 4.99. The van der Waals surface area contributed by atoms with E-state index in [4.69, 9.17) is 10.2 Å². The van der Waals surface area contributed by atoms with E-state index in [1.807, 2.05) is 0 Å². The van der Waals surface area contributed by atoms with Gasteiger partial charge in [-0.2, -0.15) is 0 Å². The van der Waals surface area contributed by atoms with E-state index in [1.165, 1.54) is 154 Å². The zero-order valence-corrected chi connectivity index (χ0v) is 27.1. The van der Waals surface area contributed by atoms with Gasteiger partial charge in [-0.3, -0.25) is 9.59 Å². The molecule has 2 N–H and O–H groups in total. The molecule has 4 heteroatoms. The average molecular weight is 569 g/mol. The minimum absolute atomic E-state index is 0. The highest BCUT2D eigenvalue weighted by Gasteiger charge is 1.98. The van der Waals surface area contributed by atoms with Gasteiger partial charge in [-0.1, -0.05) is 167 Å². The Balaban J connectivity index is -0.000000688. The molecule has 0 unspecified atom stereocenters. The van der Waals surface area contributed by atoms with Crippen LogP contribution in [0.1, 0.15) is 208 Å². The largest absolute Gasteiger partial charge is 0.481 e. The van der Waals surface area contributed by atoms with Gasteiger partial charge in [0.15, 0.2) is 0 Å². The van der Waals surface area contributed by atoms with Crippen molar-refractivity contribution >= 4 is 11.9 Å². The molecule has 0 fully saturated rings. The van der Waals surface area contributed by atoms with Gasteiger partial charge in [-0.05, 0) is 38.5 Å². The molecule has 0 aromatic heterocycles. The van der Waals surface area contributed by atoms with Gasteiger partial charge in [0.1, 0.15) is 0 Å². The second kappa shape index (κ2) is 37.7. The standard InChI is InChI=1S/C18H36O2.C18H34O2.H2/c2*1-2-3-4-5-6-7-8-9-10-11-12-13-14-15-16-17-18(19)20;/h2-17H2,1H3,(H,19,20);9-10H,2-8,11-17H2,1H3,(H,19,20);1H/b;10-9-;. The van der Waals surface area contributed by atoms with E-state index in [0.29, 0.717) is 12.8 Å². The molecule has 0 saturated heterocycles. The van der Waals surface area contributed by atoms with E-state index in [9.17, 15) is 9.59 Å². The first-order chi connectivity index (χ1) is 19.5. The van der Waals surface area contributed by atoms with Crippen LogP contribution in [0.15, 0.2) is 12.2 Å². The van der Waals surface area contributed by atoms with Crippen molar-refractivity contribution in [2.75, 3.05) is 0 Å². The number of aliphatic carboxylic acids is 2. The molecular formula is C36H72O4. The van der Waals surface area contributed by atoms with E-state index in [2.05, 4.69) is 26.0 Å². The summed E-state index contributed by atoms with van der Waals surface area (Å²) in [5.74, 6) is -1.32. The minimum atomic E-state index is -0.664. The van der Waals surface area contributed by atoms with E-state index in [1.54, 1.807) is 0 Å². The van der Waals surface area contributed by atoms with Crippen LogP contribution in [0.3, 0.4) is 0 Å². The number of carboxylic acid groups (broad SMARTS) is 2. The summed E-state index contributed by atoms with van der Waals surface area (Å²) in [7, 11) is 0. The number of allylic oxidation sites excluding steroid dienone is 2. The van der Waals surface area contributed by atoms with E-state index in [0.717, 1.165) is 25.7 Å². The van der Waals surface area contributed by atoms with Crippen LogP contribution in [0, 0.1) is 0 Å². The van der Waals surface area contributed by atoms with Crippen LogP contribution in [0.4, 0.5) is 0 Å². The van der Waals surface area contributed by atoms with Crippen LogP contribution in [-0.4, -0.2) is 22.2 Å². The van der Waals surface area contributed by atoms with Crippen LogP contribution >= 0.6 is 0 Å². The fourth-order valence-electron chi connectivity index (χ4n) is 4.99. The van der Waals surface area contributed by atoms with Gasteiger partial charge in [0.05, 0.1) is 0 Å². The summed E-state index contributed by atoms with van der Waals surface area (Å²) in [5.41, 5.74) is 0. The molecule has 4 nitrogen and oxygen atoms in total. The summed E-state index contributed by atoms with van der Waals surface area (Å²) < 4.78 is 0. The average Bonchev–Trinajstić information content (AvgIpc) is 2.93. The van der Waals surface area contributed by atoms with E-state index >= 15 is 0 Å².